The topological polar surface area (TPSA) is 114 Å². The predicted octanol–water partition coefficient (Wildman–Crippen LogP) is 1.34. The number of aromatic carboxylic acids is 1. The van der Waals surface area contributed by atoms with E-state index in [1.807, 2.05) is 0 Å². The number of nitrogens with zero attached hydrogens (tertiary/aromatic N) is 4. The Balaban J connectivity index is 1.97. The van der Waals surface area contributed by atoms with Crippen LogP contribution in [0.2, 0.25) is 0 Å². The molecule has 1 atom stereocenters. The maximum absolute atomic E-state index is 12.0. The first-order valence-electron chi connectivity index (χ1n) is 6.84. The number of hydrogen-bond acceptors (Lipinski definition) is 5. The van der Waals surface area contributed by atoms with Gasteiger partial charge in [-0.1, -0.05) is 0 Å². The Morgan fingerprint density at radius 3 is 2.70 bits per heavy atom. The molecule has 0 aliphatic heterocycles. The second kappa shape index (κ2) is 5.84. The van der Waals surface area contributed by atoms with Gasteiger partial charge in [0.05, 0.1) is 11.6 Å². The number of aromatic amines is 1. The van der Waals surface area contributed by atoms with Gasteiger partial charge in [-0.2, -0.15) is 5.10 Å². The van der Waals surface area contributed by atoms with Gasteiger partial charge in [-0.3, -0.25) is 14.9 Å². The second-order valence-corrected chi connectivity index (χ2v) is 4.92. The van der Waals surface area contributed by atoms with Gasteiger partial charge in [-0.25, -0.2) is 9.78 Å². The minimum atomic E-state index is -1.10. The Hall–Kier alpha value is -3.29. The van der Waals surface area contributed by atoms with Crippen molar-refractivity contribution in [2.45, 2.75) is 13.0 Å². The Labute approximate surface area is 130 Å². The molecule has 0 aliphatic carbocycles. The van der Waals surface area contributed by atoms with E-state index < -0.39 is 12.0 Å². The molecule has 0 radical (unpaired) electrons. The first kappa shape index (κ1) is 14.6. The van der Waals surface area contributed by atoms with Gasteiger partial charge in [-0.15, -0.1) is 0 Å². The largest absolute Gasteiger partial charge is 0.478 e. The van der Waals surface area contributed by atoms with Gasteiger partial charge in [0.2, 0.25) is 0 Å². The highest BCUT2D eigenvalue weighted by Gasteiger charge is 2.16. The molecule has 0 bridgehead atoms. The molecule has 0 spiro atoms. The van der Waals surface area contributed by atoms with Gasteiger partial charge >= 0.3 is 5.97 Å². The molecular formula is C15H13N5O3. The minimum Gasteiger partial charge on any atom is -0.478 e. The average molecular weight is 311 g/mol. The third kappa shape index (κ3) is 2.86. The van der Waals surface area contributed by atoms with Crippen LogP contribution in [0.25, 0.3) is 11.4 Å². The Morgan fingerprint density at radius 2 is 2.00 bits per heavy atom. The van der Waals surface area contributed by atoms with E-state index in [-0.39, 0.29) is 11.1 Å². The van der Waals surface area contributed by atoms with Crippen LogP contribution >= 0.6 is 0 Å². The van der Waals surface area contributed by atoms with E-state index in [1.54, 1.807) is 31.5 Å². The SMILES string of the molecule is C[C@@H](c1nc(-c2ccncc2)n[nH]1)n1cc(C(=O)O)ccc1=O. The Kier molecular flexibility index (Phi) is 3.71. The van der Waals surface area contributed by atoms with E-state index in [9.17, 15) is 9.59 Å². The van der Waals surface area contributed by atoms with Crippen LogP contribution in [0, 0.1) is 0 Å². The highest BCUT2D eigenvalue weighted by Crippen LogP contribution is 2.17. The van der Waals surface area contributed by atoms with Gasteiger partial charge in [0.1, 0.15) is 5.82 Å². The van der Waals surface area contributed by atoms with Crippen molar-refractivity contribution in [2.75, 3.05) is 0 Å². The summed E-state index contributed by atoms with van der Waals surface area (Å²) in [6.45, 7) is 1.74. The molecule has 8 nitrogen and oxygen atoms in total. The zero-order chi connectivity index (χ0) is 16.4. The number of carbonyl (C=O) groups is 1. The molecule has 3 rings (SSSR count). The summed E-state index contributed by atoms with van der Waals surface area (Å²) in [5.74, 6) is -0.154. The van der Waals surface area contributed by atoms with E-state index >= 15 is 0 Å². The van der Waals surface area contributed by atoms with Crippen LogP contribution < -0.4 is 5.56 Å². The van der Waals surface area contributed by atoms with Crippen molar-refractivity contribution in [1.82, 2.24) is 24.7 Å². The molecular weight excluding hydrogens is 298 g/mol. The lowest BCUT2D eigenvalue weighted by molar-refractivity contribution is 0.0695. The standard InChI is InChI=1S/C15H13N5O3/c1-9(20-8-11(15(22)23)2-3-12(20)21)13-17-14(19-18-13)10-4-6-16-7-5-10/h2-9H,1H3,(H,22,23)(H,17,18,19)/t9-/m0/s1. The summed E-state index contributed by atoms with van der Waals surface area (Å²) < 4.78 is 1.31. The molecule has 0 amide bonds. The minimum absolute atomic E-state index is 0.0327. The molecule has 0 aliphatic rings. The van der Waals surface area contributed by atoms with Crippen molar-refractivity contribution in [2.24, 2.45) is 0 Å². The summed E-state index contributed by atoms with van der Waals surface area (Å²) in [6, 6.07) is 5.56. The Morgan fingerprint density at radius 1 is 1.26 bits per heavy atom. The molecule has 116 valence electrons. The summed E-state index contributed by atoms with van der Waals surface area (Å²) in [5, 5.41) is 16.0. The van der Waals surface area contributed by atoms with Gasteiger partial charge in [0, 0.05) is 30.2 Å². The highest BCUT2D eigenvalue weighted by molar-refractivity contribution is 5.87. The number of pyridine rings is 2. The predicted molar refractivity (Wildman–Crippen MR) is 81.1 cm³/mol. The van der Waals surface area contributed by atoms with Crippen LogP contribution in [0.1, 0.15) is 29.1 Å². The van der Waals surface area contributed by atoms with Crippen LogP contribution in [0.3, 0.4) is 0 Å². The van der Waals surface area contributed by atoms with Crippen molar-refractivity contribution < 1.29 is 9.90 Å². The van der Waals surface area contributed by atoms with Crippen LogP contribution in [0.15, 0.2) is 47.7 Å². The molecule has 2 N–H and O–H groups in total. The molecule has 0 saturated heterocycles. The van der Waals surface area contributed by atoms with Crippen molar-refractivity contribution in [1.29, 1.82) is 0 Å². The number of H-pyrrole nitrogens is 1. The zero-order valence-electron chi connectivity index (χ0n) is 12.2. The molecule has 3 aromatic rings. The molecule has 3 heterocycles. The first-order valence-corrected chi connectivity index (χ1v) is 6.84. The van der Waals surface area contributed by atoms with Crippen molar-refractivity contribution in [3.63, 3.8) is 0 Å². The maximum atomic E-state index is 12.0. The number of carboxylic acid groups (broad SMARTS) is 1. The molecule has 23 heavy (non-hydrogen) atoms. The monoisotopic (exact) mass is 311 g/mol. The summed E-state index contributed by atoms with van der Waals surface area (Å²) in [7, 11) is 0. The van der Waals surface area contributed by atoms with Gasteiger partial charge < -0.3 is 9.67 Å². The van der Waals surface area contributed by atoms with Crippen molar-refractivity contribution in [3.05, 3.63) is 64.6 Å². The second-order valence-electron chi connectivity index (χ2n) is 4.92. The summed E-state index contributed by atoms with van der Waals surface area (Å²) in [6.07, 6.45) is 4.56. The maximum Gasteiger partial charge on any atom is 0.337 e. The molecule has 0 unspecified atom stereocenters. The molecule has 0 fully saturated rings. The lowest BCUT2D eigenvalue weighted by Gasteiger charge is -2.12. The smallest absolute Gasteiger partial charge is 0.337 e. The van der Waals surface area contributed by atoms with Gasteiger partial charge in [-0.05, 0) is 25.1 Å². The van der Waals surface area contributed by atoms with Crippen LogP contribution in [0.4, 0.5) is 0 Å². The Bertz CT molecular complexity index is 901. The third-order valence-electron chi connectivity index (χ3n) is 3.44. The van der Waals surface area contributed by atoms with E-state index in [0.717, 1.165) is 5.56 Å². The summed E-state index contributed by atoms with van der Waals surface area (Å²) in [4.78, 5) is 31.3. The first-order chi connectivity index (χ1) is 11.1. The zero-order valence-corrected chi connectivity index (χ0v) is 12.2. The fraction of sp³-hybridized carbons (Fsp3) is 0.133. The summed E-state index contributed by atoms with van der Waals surface area (Å²) >= 11 is 0. The van der Waals surface area contributed by atoms with Crippen molar-refractivity contribution >= 4 is 5.97 Å². The lowest BCUT2D eigenvalue weighted by atomic mass is 10.2. The van der Waals surface area contributed by atoms with E-state index in [4.69, 9.17) is 5.11 Å². The third-order valence-corrected chi connectivity index (χ3v) is 3.44. The lowest BCUT2D eigenvalue weighted by Crippen LogP contribution is -2.24. The molecule has 3 aromatic heterocycles. The van der Waals surface area contributed by atoms with E-state index in [0.29, 0.717) is 11.6 Å². The number of carboxylic acids is 1. The fourth-order valence-corrected chi connectivity index (χ4v) is 2.16. The van der Waals surface area contributed by atoms with Gasteiger partial charge in [0.15, 0.2) is 5.82 Å². The van der Waals surface area contributed by atoms with Crippen LogP contribution in [-0.2, 0) is 0 Å². The van der Waals surface area contributed by atoms with E-state index in [1.165, 1.54) is 22.9 Å². The number of rotatable bonds is 4. The van der Waals surface area contributed by atoms with Crippen LogP contribution in [-0.4, -0.2) is 35.8 Å². The normalized spacial score (nSPS) is 12.0. The number of nitrogens with one attached hydrogen (secondary N) is 1. The van der Waals surface area contributed by atoms with Crippen LogP contribution in [0.5, 0.6) is 0 Å². The molecule has 0 aromatic carbocycles. The fourth-order valence-electron chi connectivity index (χ4n) is 2.16. The highest BCUT2D eigenvalue weighted by atomic mass is 16.4. The average Bonchev–Trinajstić information content (AvgIpc) is 3.05. The quantitative estimate of drug-likeness (QED) is 0.751. The molecule has 0 saturated carbocycles. The molecule has 8 heteroatoms. The van der Waals surface area contributed by atoms with E-state index in [2.05, 4.69) is 20.2 Å². The van der Waals surface area contributed by atoms with Gasteiger partial charge in [0.25, 0.3) is 5.56 Å². The van der Waals surface area contributed by atoms with Crippen molar-refractivity contribution in [3.8, 4) is 11.4 Å². The number of aromatic nitrogens is 5. The number of hydrogen-bond donors (Lipinski definition) is 2. The summed E-state index contributed by atoms with van der Waals surface area (Å²) in [5.41, 5.74) is 0.510.